The molecule has 0 radical (unpaired) electrons. The monoisotopic (exact) mass is 130 g/mol. The molecule has 0 bridgehead atoms. The van der Waals surface area contributed by atoms with Crippen LogP contribution in [0.1, 0.15) is 6.92 Å². The largest absolute Gasteiger partial charge is 0.272 e. The molecular formula is C4H6F4. The molecule has 0 aromatic rings. The molecule has 0 heterocycles. The van der Waals surface area contributed by atoms with Gasteiger partial charge in [-0.15, -0.1) is 0 Å². The van der Waals surface area contributed by atoms with E-state index in [4.69, 9.17) is 0 Å². The first-order valence-electron chi connectivity index (χ1n) is 2.12. The molecule has 0 fully saturated rings. The molecule has 2 unspecified atom stereocenters. The average molecular weight is 130 g/mol. The van der Waals surface area contributed by atoms with Crippen molar-refractivity contribution in [3.63, 3.8) is 0 Å². The highest BCUT2D eigenvalue weighted by molar-refractivity contribution is 4.64. The predicted molar refractivity (Wildman–Crippen MR) is 21.5 cm³/mol. The van der Waals surface area contributed by atoms with Crippen molar-refractivity contribution in [3.8, 4) is 0 Å². The van der Waals surface area contributed by atoms with Gasteiger partial charge in [0.25, 0.3) is 6.43 Å². The first-order valence-corrected chi connectivity index (χ1v) is 2.12. The van der Waals surface area contributed by atoms with E-state index < -0.39 is 18.8 Å². The maximum absolute atomic E-state index is 11.5. The minimum absolute atomic E-state index is 0.761. The molecule has 0 N–H and O–H groups in total. The molecule has 0 aliphatic rings. The zero-order chi connectivity index (χ0) is 6.73. The van der Waals surface area contributed by atoms with E-state index >= 15 is 0 Å². The number of hydrogen-bond acceptors (Lipinski definition) is 0. The fraction of sp³-hybridized carbons (Fsp3) is 1.00. The maximum atomic E-state index is 11.5. The third-order valence-corrected chi connectivity index (χ3v) is 0.680. The quantitative estimate of drug-likeness (QED) is 0.501. The third-order valence-electron chi connectivity index (χ3n) is 0.680. The summed E-state index contributed by atoms with van der Waals surface area (Å²) in [6.07, 6.45) is -7.90. The second kappa shape index (κ2) is 2.89. The SMILES string of the molecule is CC(F)C(F)C(F)F. The van der Waals surface area contributed by atoms with E-state index in [2.05, 4.69) is 0 Å². The summed E-state index contributed by atoms with van der Waals surface area (Å²) in [4.78, 5) is 0. The Hall–Kier alpha value is -0.280. The molecule has 50 valence electrons. The molecule has 4 heteroatoms. The molecule has 2 atom stereocenters. The molecule has 0 aliphatic carbocycles. The zero-order valence-electron chi connectivity index (χ0n) is 4.24. The Morgan fingerprint density at radius 1 is 1.00 bits per heavy atom. The van der Waals surface area contributed by atoms with Crippen molar-refractivity contribution >= 4 is 0 Å². The van der Waals surface area contributed by atoms with Crippen LogP contribution in [0.15, 0.2) is 0 Å². The van der Waals surface area contributed by atoms with Crippen LogP contribution in [0.25, 0.3) is 0 Å². The Morgan fingerprint density at radius 3 is 1.38 bits per heavy atom. The van der Waals surface area contributed by atoms with Gasteiger partial charge in [0.15, 0.2) is 6.17 Å². The lowest BCUT2D eigenvalue weighted by molar-refractivity contribution is 0.00926. The van der Waals surface area contributed by atoms with Gasteiger partial charge < -0.3 is 0 Å². The van der Waals surface area contributed by atoms with Crippen molar-refractivity contribution in [3.05, 3.63) is 0 Å². The first-order chi connectivity index (χ1) is 3.55. The molecule has 0 nitrogen and oxygen atoms in total. The van der Waals surface area contributed by atoms with Crippen LogP contribution in [0.5, 0.6) is 0 Å². The number of hydrogen-bond donors (Lipinski definition) is 0. The van der Waals surface area contributed by atoms with Gasteiger partial charge in [-0.2, -0.15) is 0 Å². The van der Waals surface area contributed by atoms with Crippen LogP contribution in [0.4, 0.5) is 17.6 Å². The molecule has 0 aromatic carbocycles. The lowest BCUT2D eigenvalue weighted by Gasteiger charge is -2.05. The van der Waals surface area contributed by atoms with Gasteiger partial charge in [0.2, 0.25) is 0 Å². The Kier molecular flexibility index (Phi) is 2.79. The van der Waals surface area contributed by atoms with Gasteiger partial charge in [0.05, 0.1) is 0 Å². The van der Waals surface area contributed by atoms with Crippen LogP contribution in [0, 0.1) is 0 Å². The highest BCUT2D eigenvalue weighted by Gasteiger charge is 2.25. The second-order valence-corrected chi connectivity index (χ2v) is 1.46. The van der Waals surface area contributed by atoms with Crippen molar-refractivity contribution in [2.75, 3.05) is 0 Å². The molecule has 0 saturated carbocycles. The number of rotatable bonds is 2. The molecule has 0 amide bonds. The zero-order valence-corrected chi connectivity index (χ0v) is 4.24. The van der Waals surface area contributed by atoms with Crippen LogP contribution in [0.2, 0.25) is 0 Å². The summed E-state index contributed by atoms with van der Waals surface area (Å²) < 4.78 is 45.1. The molecular weight excluding hydrogens is 124 g/mol. The van der Waals surface area contributed by atoms with E-state index in [0.29, 0.717) is 0 Å². The van der Waals surface area contributed by atoms with E-state index in [1.807, 2.05) is 0 Å². The lowest BCUT2D eigenvalue weighted by Crippen LogP contribution is -2.21. The van der Waals surface area contributed by atoms with Crippen LogP contribution in [-0.2, 0) is 0 Å². The fourth-order valence-corrected chi connectivity index (χ4v) is 0.200. The Bertz CT molecular complexity index is 53.1. The van der Waals surface area contributed by atoms with Crippen molar-refractivity contribution in [2.24, 2.45) is 0 Å². The van der Waals surface area contributed by atoms with E-state index in [0.717, 1.165) is 6.92 Å². The van der Waals surface area contributed by atoms with E-state index in [9.17, 15) is 17.6 Å². The van der Waals surface area contributed by atoms with Crippen LogP contribution in [0.3, 0.4) is 0 Å². The molecule has 8 heavy (non-hydrogen) atoms. The third kappa shape index (κ3) is 2.14. The van der Waals surface area contributed by atoms with Gasteiger partial charge in [-0.05, 0) is 6.92 Å². The number of halogens is 4. The molecule has 0 aromatic heterocycles. The van der Waals surface area contributed by atoms with Crippen LogP contribution in [-0.4, -0.2) is 18.8 Å². The maximum Gasteiger partial charge on any atom is 0.272 e. The molecule has 0 saturated heterocycles. The molecule has 0 rings (SSSR count). The summed E-state index contributed by atoms with van der Waals surface area (Å²) in [6.45, 7) is 0.761. The molecule has 0 aliphatic heterocycles. The summed E-state index contributed by atoms with van der Waals surface area (Å²) in [7, 11) is 0. The van der Waals surface area contributed by atoms with E-state index in [-0.39, 0.29) is 0 Å². The van der Waals surface area contributed by atoms with Crippen molar-refractivity contribution in [2.45, 2.75) is 25.7 Å². The minimum Gasteiger partial charge on any atom is -0.244 e. The average Bonchev–Trinajstić information content (AvgIpc) is 1.64. The Morgan fingerprint density at radius 2 is 1.38 bits per heavy atom. The van der Waals surface area contributed by atoms with Crippen molar-refractivity contribution < 1.29 is 17.6 Å². The first kappa shape index (κ1) is 7.72. The summed E-state index contributed by atoms with van der Waals surface area (Å²) in [5.41, 5.74) is 0. The fourth-order valence-electron chi connectivity index (χ4n) is 0.200. The van der Waals surface area contributed by atoms with E-state index in [1.165, 1.54) is 0 Å². The van der Waals surface area contributed by atoms with Gasteiger partial charge in [-0.25, -0.2) is 17.6 Å². The number of alkyl halides is 4. The summed E-state index contributed by atoms with van der Waals surface area (Å²) in [6, 6.07) is 0. The van der Waals surface area contributed by atoms with Gasteiger partial charge in [0, 0.05) is 0 Å². The smallest absolute Gasteiger partial charge is 0.244 e. The minimum atomic E-state index is -3.20. The summed E-state index contributed by atoms with van der Waals surface area (Å²) in [5.74, 6) is 0. The van der Waals surface area contributed by atoms with Crippen molar-refractivity contribution in [1.82, 2.24) is 0 Å². The standard InChI is InChI=1S/C4H6F4/c1-2(5)3(6)4(7)8/h2-4H,1H3. The van der Waals surface area contributed by atoms with Crippen LogP contribution >= 0.6 is 0 Å². The molecule has 0 spiro atoms. The highest BCUT2D eigenvalue weighted by Crippen LogP contribution is 2.11. The van der Waals surface area contributed by atoms with Gasteiger partial charge in [-0.3, -0.25) is 0 Å². The van der Waals surface area contributed by atoms with Crippen LogP contribution < -0.4 is 0 Å². The lowest BCUT2D eigenvalue weighted by atomic mass is 10.3. The van der Waals surface area contributed by atoms with Gasteiger partial charge >= 0.3 is 0 Å². The van der Waals surface area contributed by atoms with Gasteiger partial charge in [-0.1, -0.05) is 0 Å². The normalized spacial score (nSPS) is 18.8. The predicted octanol–water partition coefficient (Wildman–Crippen LogP) is 1.95. The van der Waals surface area contributed by atoms with Crippen molar-refractivity contribution in [1.29, 1.82) is 0 Å². The highest BCUT2D eigenvalue weighted by atomic mass is 19.3. The Labute approximate surface area is 44.5 Å². The van der Waals surface area contributed by atoms with Gasteiger partial charge in [0.1, 0.15) is 6.17 Å². The Balaban J connectivity index is 3.46. The topological polar surface area (TPSA) is 0 Å². The summed E-state index contributed by atoms with van der Waals surface area (Å²) >= 11 is 0. The summed E-state index contributed by atoms with van der Waals surface area (Å²) in [5, 5.41) is 0. The second-order valence-electron chi connectivity index (χ2n) is 1.46. The van der Waals surface area contributed by atoms with E-state index in [1.54, 1.807) is 0 Å².